The zero-order valence-corrected chi connectivity index (χ0v) is 13.0. The van der Waals surface area contributed by atoms with Crippen LogP contribution in [-0.4, -0.2) is 11.9 Å². The molecule has 0 aliphatic carbocycles. The van der Waals surface area contributed by atoms with Gasteiger partial charge >= 0.3 is 0 Å². The van der Waals surface area contributed by atoms with Crippen LogP contribution in [0.15, 0.2) is 30.3 Å². The molecule has 1 amide bonds. The third-order valence-corrected chi connectivity index (χ3v) is 4.33. The van der Waals surface area contributed by atoms with Crippen molar-refractivity contribution in [1.82, 2.24) is 5.32 Å². The maximum atomic E-state index is 12.2. The number of benzene rings is 1. The number of hydrogen-bond donors (Lipinski definition) is 2. The topological polar surface area (TPSA) is 55.1 Å². The highest BCUT2D eigenvalue weighted by atomic mass is 35.5. The molecule has 1 aromatic heterocycles. The smallest absolute Gasteiger partial charge is 0.253 e. The summed E-state index contributed by atoms with van der Waals surface area (Å²) < 4.78 is 0. The van der Waals surface area contributed by atoms with Gasteiger partial charge in [0.05, 0.1) is 16.3 Å². The molecule has 0 saturated carbocycles. The van der Waals surface area contributed by atoms with E-state index in [1.807, 2.05) is 6.92 Å². The molecule has 5 heteroatoms. The Hall–Kier alpha value is -1.52. The van der Waals surface area contributed by atoms with Gasteiger partial charge in [0, 0.05) is 22.2 Å². The van der Waals surface area contributed by atoms with Crippen molar-refractivity contribution >= 4 is 34.5 Å². The van der Waals surface area contributed by atoms with Gasteiger partial charge in [-0.15, -0.1) is 11.3 Å². The van der Waals surface area contributed by atoms with Gasteiger partial charge in [-0.25, -0.2) is 0 Å². The largest absolute Gasteiger partial charge is 0.397 e. The number of carbonyl (C=O) groups is 1. The lowest BCUT2D eigenvalue weighted by molar-refractivity contribution is 0.0941. The Balaban J connectivity index is 2.02. The van der Waals surface area contributed by atoms with Crippen LogP contribution in [0.5, 0.6) is 0 Å². The van der Waals surface area contributed by atoms with Gasteiger partial charge in [0.25, 0.3) is 5.91 Å². The third-order valence-electron chi connectivity index (χ3n) is 2.98. The van der Waals surface area contributed by atoms with Crippen LogP contribution in [0.2, 0.25) is 5.02 Å². The predicted octanol–water partition coefficient (Wildman–Crippen LogP) is 3.65. The van der Waals surface area contributed by atoms with E-state index in [0.717, 1.165) is 6.42 Å². The highest BCUT2D eigenvalue weighted by Gasteiger charge is 2.14. The summed E-state index contributed by atoms with van der Waals surface area (Å²) in [6.45, 7) is 4.05. The number of nitrogen functional groups attached to an aromatic ring is 1. The average molecular weight is 309 g/mol. The van der Waals surface area contributed by atoms with Crippen molar-refractivity contribution in [3.8, 4) is 0 Å². The normalized spacial score (nSPS) is 12.2. The number of carbonyl (C=O) groups excluding carboxylic acids is 1. The maximum absolute atomic E-state index is 12.2. The van der Waals surface area contributed by atoms with E-state index in [0.29, 0.717) is 16.3 Å². The lowest BCUT2D eigenvalue weighted by Crippen LogP contribution is -2.34. The van der Waals surface area contributed by atoms with Gasteiger partial charge in [0.15, 0.2) is 0 Å². The van der Waals surface area contributed by atoms with Crippen molar-refractivity contribution in [2.75, 3.05) is 5.73 Å². The number of halogens is 1. The second kappa shape index (κ2) is 6.29. The number of para-hydroxylation sites is 1. The van der Waals surface area contributed by atoms with Gasteiger partial charge in [-0.05, 0) is 38.1 Å². The lowest BCUT2D eigenvalue weighted by atomic mass is 10.1. The Morgan fingerprint density at radius 3 is 2.80 bits per heavy atom. The third kappa shape index (κ3) is 3.52. The molecule has 2 rings (SSSR count). The van der Waals surface area contributed by atoms with Crippen LogP contribution in [0.4, 0.5) is 5.69 Å². The number of amides is 1. The number of nitrogens with two attached hydrogens (primary N) is 1. The van der Waals surface area contributed by atoms with E-state index in [9.17, 15) is 4.79 Å². The Labute approximate surface area is 127 Å². The summed E-state index contributed by atoms with van der Waals surface area (Å²) in [5.41, 5.74) is 6.57. The van der Waals surface area contributed by atoms with Crippen LogP contribution >= 0.6 is 22.9 Å². The molecule has 0 aliphatic rings. The first-order valence-corrected chi connectivity index (χ1v) is 7.57. The van der Waals surface area contributed by atoms with Crippen LogP contribution in [0, 0.1) is 6.92 Å². The number of thiophene rings is 1. The predicted molar refractivity (Wildman–Crippen MR) is 85.6 cm³/mol. The molecule has 0 aliphatic heterocycles. The zero-order chi connectivity index (χ0) is 14.7. The summed E-state index contributed by atoms with van der Waals surface area (Å²) in [6, 6.07) is 9.30. The first-order chi connectivity index (χ1) is 9.47. The lowest BCUT2D eigenvalue weighted by Gasteiger charge is -2.14. The summed E-state index contributed by atoms with van der Waals surface area (Å²) in [5, 5.41) is 3.35. The van der Waals surface area contributed by atoms with E-state index in [4.69, 9.17) is 17.3 Å². The van der Waals surface area contributed by atoms with Crippen LogP contribution < -0.4 is 11.1 Å². The zero-order valence-electron chi connectivity index (χ0n) is 11.4. The number of nitrogens with one attached hydrogen (secondary N) is 1. The van der Waals surface area contributed by atoms with Crippen LogP contribution in [0.1, 0.15) is 27.0 Å². The van der Waals surface area contributed by atoms with Crippen molar-refractivity contribution in [1.29, 1.82) is 0 Å². The van der Waals surface area contributed by atoms with Gasteiger partial charge < -0.3 is 11.1 Å². The van der Waals surface area contributed by atoms with Crippen LogP contribution in [0.25, 0.3) is 0 Å². The van der Waals surface area contributed by atoms with Crippen molar-refractivity contribution < 1.29 is 4.79 Å². The standard InChI is InChI=1S/C15H17ClN2OS/c1-9(8-11-7-6-10(2)20-11)18-15(19)12-4-3-5-13(16)14(12)17/h3-7,9H,8,17H2,1-2H3,(H,18,19). The van der Waals surface area contributed by atoms with E-state index in [1.54, 1.807) is 29.5 Å². The number of anilines is 1. The number of aryl methyl sites for hydroxylation is 1. The average Bonchev–Trinajstić information content (AvgIpc) is 2.77. The fourth-order valence-electron chi connectivity index (χ4n) is 1.98. The summed E-state index contributed by atoms with van der Waals surface area (Å²) in [4.78, 5) is 14.7. The van der Waals surface area contributed by atoms with Crippen molar-refractivity contribution in [2.45, 2.75) is 26.3 Å². The summed E-state index contributed by atoms with van der Waals surface area (Å²) in [6.07, 6.45) is 0.810. The van der Waals surface area contributed by atoms with Gasteiger partial charge in [0.1, 0.15) is 0 Å². The molecule has 0 saturated heterocycles. The fraction of sp³-hybridized carbons (Fsp3) is 0.267. The van der Waals surface area contributed by atoms with Gasteiger partial charge in [0.2, 0.25) is 0 Å². The van der Waals surface area contributed by atoms with Crippen LogP contribution in [0.3, 0.4) is 0 Å². The molecule has 20 heavy (non-hydrogen) atoms. The SMILES string of the molecule is Cc1ccc(CC(C)NC(=O)c2cccc(Cl)c2N)s1. The minimum Gasteiger partial charge on any atom is -0.397 e. The molecular weight excluding hydrogens is 292 g/mol. The van der Waals surface area contributed by atoms with E-state index in [2.05, 4.69) is 24.4 Å². The summed E-state index contributed by atoms with van der Waals surface area (Å²) in [5.74, 6) is -0.189. The quantitative estimate of drug-likeness (QED) is 0.847. The van der Waals surface area contributed by atoms with E-state index < -0.39 is 0 Å². The van der Waals surface area contributed by atoms with Crippen molar-refractivity contribution in [2.24, 2.45) is 0 Å². The molecule has 1 atom stereocenters. The summed E-state index contributed by atoms with van der Waals surface area (Å²) >= 11 is 7.67. The Kier molecular flexibility index (Phi) is 4.68. The second-order valence-corrected chi connectivity index (χ2v) is 6.57. The number of hydrogen-bond acceptors (Lipinski definition) is 3. The molecule has 0 spiro atoms. The Morgan fingerprint density at radius 2 is 2.15 bits per heavy atom. The molecule has 1 aromatic carbocycles. The molecule has 3 nitrogen and oxygen atoms in total. The monoisotopic (exact) mass is 308 g/mol. The molecule has 2 aromatic rings. The first kappa shape index (κ1) is 14.9. The Bertz CT molecular complexity index is 624. The van der Waals surface area contributed by atoms with Crippen molar-refractivity contribution in [3.05, 3.63) is 50.7 Å². The fourth-order valence-corrected chi connectivity index (χ4v) is 3.18. The Morgan fingerprint density at radius 1 is 1.40 bits per heavy atom. The number of rotatable bonds is 4. The van der Waals surface area contributed by atoms with E-state index in [-0.39, 0.29) is 11.9 Å². The molecule has 0 radical (unpaired) electrons. The molecular formula is C15H17ClN2OS. The summed E-state index contributed by atoms with van der Waals surface area (Å²) in [7, 11) is 0. The highest BCUT2D eigenvalue weighted by molar-refractivity contribution is 7.11. The molecule has 0 bridgehead atoms. The second-order valence-electron chi connectivity index (χ2n) is 4.79. The minimum atomic E-state index is -0.189. The van der Waals surface area contributed by atoms with Crippen molar-refractivity contribution in [3.63, 3.8) is 0 Å². The first-order valence-electron chi connectivity index (χ1n) is 6.37. The molecule has 1 unspecified atom stereocenters. The minimum absolute atomic E-state index is 0.0407. The molecule has 106 valence electrons. The van der Waals surface area contributed by atoms with E-state index in [1.165, 1.54) is 9.75 Å². The van der Waals surface area contributed by atoms with Gasteiger partial charge in [-0.2, -0.15) is 0 Å². The van der Waals surface area contributed by atoms with Gasteiger partial charge in [-0.1, -0.05) is 17.7 Å². The van der Waals surface area contributed by atoms with Gasteiger partial charge in [-0.3, -0.25) is 4.79 Å². The molecule has 3 N–H and O–H groups in total. The van der Waals surface area contributed by atoms with Crippen LogP contribution in [-0.2, 0) is 6.42 Å². The molecule has 1 heterocycles. The van der Waals surface area contributed by atoms with E-state index >= 15 is 0 Å². The highest BCUT2D eigenvalue weighted by Crippen LogP contribution is 2.22. The molecule has 0 fully saturated rings. The maximum Gasteiger partial charge on any atom is 0.253 e.